The minimum absolute atomic E-state index is 0.0458. The van der Waals surface area contributed by atoms with Gasteiger partial charge in [0, 0.05) is 11.6 Å². The van der Waals surface area contributed by atoms with E-state index in [0.29, 0.717) is 24.6 Å². The lowest BCUT2D eigenvalue weighted by Gasteiger charge is -2.17. The van der Waals surface area contributed by atoms with Gasteiger partial charge < -0.3 is 14.8 Å². The third-order valence-electron chi connectivity index (χ3n) is 2.85. The summed E-state index contributed by atoms with van der Waals surface area (Å²) < 4.78 is 11.0. The van der Waals surface area contributed by atoms with Crippen molar-refractivity contribution in [2.45, 2.75) is 32.2 Å². The van der Waals surface area contributed by atoms with Crippen molar-refractivity contribution in [1.82, 2.24) is 5.32 Å². The van der Waals surface area contributed by atoms with Crippen LogP contribution in [0.25, 0.3) is 0 Å². The van der Waals surface area contributed by atoms with E-state index in [0.717, 1.165) is 5.56 Å². The number of hydrogen-bond acceptors (Lipinski definition) is 3. The van der Waals surface area contributed by atoms with E-state index in [9.17, 15) is 4.79 Å². The predicted octanol–water partition coefficient (Wildman–Crippen LogP) is 2.15. The maximum Gasteiger partial charge on any atom is 0.224 e. The molecule has 19 heavy (non-hydrogen) atoms. The van der Waals surface area contributed by atoms with Crippen molar-refractivity contribution >= 4 is 17.5 Å². The lowest BCUT2D eigenvalue weighted by Crippen LogP contribution is -2.35. The molecule has 1 N–H and O–H groups in total. The zero-order valence-corrected chi connectivity index (χ0v) is 11.9. The molecule has 1 aromatic rings. The van der Waals surface area contributed by atoms with Crippen molar-refractivity contribution in [3.05, 3.63) is 34.9 Å². The predicted molar refractivity (Wildman–Crippen MR) is 73.1 cm³/mol. The Bertz CT molecular complexity index is 462. The molecule has 5 heteroatoms. The van der Waals surface area contributed by atoms with Crippen molar-refractivity contribution in [3.63, 3.8) is 0 Å². The summed E-state index contributed by atoms with van der Waals surface area (Å²) >= 11 is 5.87. The average molecular weight is 284 g/mol. The molecular weight excluding hydrogens is 266 g/mol. The molecular formula is C14H18ClNO3. The van der Waals surface area contributed by atoms with Gasteiger partial charge in [0.1, 0.15) is 6.10 Å². The summed E-state index contributed by atoms with van der Waals surface area (Å²) in [5, 5.41) is 3.48. The minimum Gasteiger partial charge on any atom is -0.353 e. The van der Waals surface area contributed by atoms with Gasteiger partial charge in [0.15, 0.2) is 5.79 Å². The first-order valence-electron chi connectivity index (χ1n) is 6.27. The molecule has 1 unspecified atom stereocenters. The molecule has 104 valence electrons. The number of halogens is 1. The lowest BCUT2D eigenvalue weighted by molar-refractivity contribution is -0.139. The molecule has 1 heterocycles. The fraction of sp³-hybridized carbons (Fsp3) is 0.500. The molecule has 0 saturated carbocycles. The van der Waals surface area contributed by atoms with Crippen molar-refractivity contribution < 1.29 is 14.3 Å². The largest absolute Gasteiger partial charge is 0.353 e. The van der Waals surface area contributed by atoms with Crippen LogP contribution in [0.4, 0.5) is 0 Å². The maximum atomic E-state index is 11.8. The van der Waals surface area contributed by atoms with Gasteiger partial charge in [0.2, 0.25) is 5.91 Å². The molecule has 1 aliphatic rings. The lowest BCUT2D eigenvalue weighted by atomic mass is 10.1. The van der Waals surface area contributed by atoms with Gasteiger partial charge in [0.05, 0.1) is 13.0 Å². The third-order valence-corrected chi connectivity index (χ3v) is 3.08. The highest BCUT2D eigenvalue weighted by Crippen LogP contribution is 2.21. The molecule has 0 aromatic heterocycles. The van der Waals surface area contributed by atoms with Crippen LogP contribution in [0, 0.1) is 0 Å². The highest BCUT2D eigenvalue weighted by atomic mass is 35.5. The molecule has 1 aromatic carbocycles. The standard InChI is InChI=1S/C14H18ClNO3/c1-14(2)18-9-12(19-14)8-16-13(17)7-10-4-3-5-11(15)6-10/h3-6,12H,7-9H2,1-2H3,(H,16,17). The summed E-state index contributed by atoms with van der Waals surface area (Å²) in [6.45, 7) is 4.69. The summed E-state index contributed by atoms with van der Waals surface area (Å²) in [5.41, 5.74) is 0.897. The normalized spacial score (nSPS) is 21.3. The Labute approximate surface area is 118 Å². The molecule has 1 saturated heterocycles. The van der Waals surface area contributed by atoms with E-state index in [4.69, 9.17) is 21.1 Å². The van der Waals surface area contributed by atoms with E-state index in [1.807, 2.05) is 26.0 Å². The summed E-state index contributed by atoms with van der Waals surface area (Å²) in [4.78, 5) is 11.8. The Morgan fingerprint density at radius 1 is 1.53 bits per heavy atom. The van der Waals surface area contributed by atoms with E-state index in [1.165, 1.54) is 0 Å². The first kappa shape index (κ1) is 14.3. The number of rotatable bonds is 4. The SMILES string of the molecule is CC1(C)OCC(CNC(=O)Cc2cccc(Cl)c2)O1. The number of benzene rings is 1. The van der Waals surface area contributed by atoms with E-state index in [-0.39, 0.29) is 12.0 Å². The van der Waals surface area contributed by atoms with Crippen molar-refractivity contribution in [1.29, 1.82) is 0 Å². The second-order valence-corrected chi connectivity index (χ2v) is 5.50. The summed E-state index contributed by atoms with van der Waals surface area (Å²) in [6.07, 6.45) is 0.232. The number of amides is 1. The molecule has 0 aliphatic carbocycles. The first-order chi connectivity index (χ1) is 8.94. The Balaban J connectivity index is 1.76. The molecule has 1 amide bonds. The number of nitrogens with one attached hydrogen (secondary N) is 1. The number of hydrogen-bond donors (Lipinski definition) is 1. The second-order valence-electron chi connectivity index (χ2n) is 5.06. The molecule has 2 rings (SSSR count). The fourth-order valence-corrected chi connectivity index (χ4v) is 2.20. The zero-order chi connectivity index (χ0) is 13.9. The topological polar surface area (TPSA) is 47.6 Å². The summed E-state index contributed by atoms with van der Waals surface area (Å²) in [6, 6.07) is 7.29. The molecule has 1 atom stereocenters. The highest BCUT2D eigenvalue weighted by Gasteiger charge is 2.32. The van der Waals surface area contributed by atoms with Gasteiger partial charge in [-0.15, -0.1) is 0 Å². The Kier molecular flexibility index (Phi) is 4.45. The van der Waals surface area contributed by atoms with Crippen LogP contribution in [0.15, 0.2) is 24.3 Å². The van der Waals surface area contributed by atoms with Crippen LogP contribution >= 0.6 is 11.6 Å². The van der Waals surface area contributed by atoms with E-state index in [2.05, 4.69) is 5.32 Å². The monoisotopic (exact) mass is 283 g/mol. The van der Waals surface area contributed by atoms with Gasteiger partial charge in [-0.2, -0.15) is 0 Å². The van der Waals surface area contributed by atoms with Gasteiger partial charge in [-0.3, -0.25) is 4.79 Å². The first-order valence-corrected chi connectivity index (χ1v) is 6.65. The molecule has 0 spiro atoms. The van der Waals surface area contributed by atoms with Crippen LogP contribution in [0.3, 0.4) is 0 Å². The van der Waals surface area contributed by atoms with E-state index >= 15 is 0 Å². The van der Waals surface area contributed by atoms with Crippen molar-refractivity contribution in [2.24, 2.45) is 0 Å². The molecule has 1 aliphatic heterocycles. The highest BCUT2D eigenvalue weighted by molar-refractivity contribution is 6.30. The van der Waals surface area contributed by atoms with Crippen molar-refractivity contribution in [2.75, 3.05) is 13.2 Å². The van der Waals surface area contributed by atoms with Crippen LogP contribution in [-0.2, 0) is 20.7 Å². The van der Waals surface area contributed by atoms with E-state index in [1.54, 1.807) is 12.1 Å². The van der Waals surface area contributed by atoms with Crippen LogP contribution in [0.1, 0.15) is 19.4 Å². The van der Waals surface area contributed by atoms with Gasteiger partial charge >= 0.3 is 0 Å². The van der Waals surface area contributed by atoms with Crippen molar-refractivity contribution in [3.8, 4) is 0 Å². The van der Waals surface area contributed by atoms with E-state index < -0.39 is 5.79 Å². The minimum atomic E-state index is -0.553. The van der Waals surface area contributed by atoms with Gasteiger partial charge in [0.25, 0.3) is 0 Å². The Morgan fingerprint density at radius 2 is 2.32 bits per heavy atom. The van der Waals surface area contributed by atoms with Gasteiger partial charge in [-0.05, 0) is 31.5 Å². The number of ether oxygens (including phenoxy) is 2. The Morgan fingerprint density at radius 3 is 2.95 bits per heavy atom. The second kappa shape index (κ2) is 5.90. The molecule has 4 nitrogen and oxygen atoms in total. The van der Waals surface area contributed by atoms with Crippen LogP contribution in [-0.4, -0.2) is 30.9 Å². The maximum absolute atomic E-state index is 11.8. The van der Waals surface area contributed by atoms with Crippen LogP contribution in [0.5, 0.6) is 0 Å². The zero-order valence-electron chi connectivity index (χ0n) is 11.1. The van der Waals surface area contributed by atoms with Gasteiger partial charge in [-0.1, -0.05) is 23.7 Å². The number of carbonyl (C=O) groups excluding carboxylic acids is 1. The molecule has 0 bridgehead atoms. The summed E-state index contributed by atoms with van der Waals surface area (Å²) in [5.74, 6) is -0.599. The summed E-state index contributed by atoms with van der Waals surface area (Å²) in [7, 11) is 0. The number of carbonyl (C=O) groups is 1. The van der Waals surface area contributed by atoms with Gasteiger partial charge in [-0.25, -0.2) is 0 Å². The molecule has 0 radical (unpaired) electrons. The molecule has 1 fully saturated rings. The third kappa shape index (κ3) is 4.49. The quantitative estimate of drug-likeness (QED) is 0.921. The smallest absolute Gasteiger partial charge is 0.224 e. The fourth-order valence-electron chi connectivity index (χ4n) is 1.99. The average Bonchev–Trinajstić information content (AvgIpc) is 2.66. The Hall–Kier alpha value is -1.10. The van der Waals surface area contributed by atoms with Crippen LogP contribution < -0.4 is 5.32 Å². The van der Waals surface area contributed by atoms with Crippen LogP contribution in [0.2, 0.25) is 5.02 Å².